The highest BCUT2D eigenvalue weighted by atomic mass is 16.5. The molecule has 1 heterocycles. The molecule has 0 fully saturated rings. The molecule has 1 aromatic carbocycles. The number of furan rings is 1. The van der Waals surface area contributed by atoms with Crippen LogP contribution < -0.4 is 4.74 Å². The van der Waals surface area contributed by atoms with Crippen LogP contribution in [0.15, 0.2) is 45.9 Å². The van der Waals surface area contributed by atoms with E-state index in [9.17, 15) is 14.4 Å². The summed E-state index contributed by atoms with van der Waals surface area (Å²) in [6.07, 6.45) is 2.73. The number of hydrazone groups is 1. The highest BCUT2D eigenvalue weighted by molar-refractivity contribution is 6.39. The normalized spacial score (nSPS) is 13.6. The monoisotopic (exact) mass is 352 g/mol. The van der Waals surface area contributed by atoms with Crippen molar-refractivity contribution in [1.82, 2.24) is 5.01 Å². The van der Waals surface area contributed by atoms with Gasteiger partial charge in [0, 0.05) is 32.7 Å². The number of Topliss-reactive ketones (excluding diaryl/α,β-unsaturated/α-hetero) is 1. The van der Waals surface area contributed by atoms with Gasteiger partial charge in [0.05, 0.1) is 17.4 Å². The van der Waals surface area contributed by atoms with Crippen LogP contribution >= 0.6 is 0 Å². The Morgan fingerprint density at radius 2 is 1.96 bits per heavy atom. The second-order valence-electron chi connectivity index (χ2n) is 5.82. The molecule has 1 aliphatic carbocycles. The number of hydrogen-bond acceptors (Lipinski definition) is 7. The number of fused-ring (bicyclic) bond motifs is 1. The van der Waals surface area contributed by atoms with Crippen molar-refractivity contribution in [1.29, 1.82) is 0 Å². The first-order valence-electron chi connectivity index (χ1n) is 7.80. The standard InChI is InChI=1S/C19H16N2O5/c1-11(22)25-17-6-4-5-13-15(23)9-14(19(24)18(13)17)16-8-7-12(26-16)10-20-21(2)3/h4-10H,1-3H3. The highest BCUT2D eigenvalue weighted by Gasteiger charge is 2.31. The molecule has 0 saturated heterocycles. The van der Waals surface area contributed by atoms with Crippen LogP contribution in [-0.4, -0.2) is 42.9 Å². The topological polar surface area (TPSA) is 89.2 Å². The van der Waals surface area contributed by atoms with Crippen LogP contribution in [0.25, 0.3) is 5.57 Å². The molecule has 7 nitrogen and oxygen atoms in total. The van der Waals surface area contributed by atoms with E-state index in [-0.39, 0.29) is 34.0 Å². The molecule has 3 rings (SSSR count). The highest BCUT2D eigenvalue weighted by Crippen LogP contribution is 2.34. The zero-order valence-corrected chi connectivity index (χ0v) is 14.5. The Morgan fingerprint density at radius 1 is 1.19 bits per heavy atom. The zero-order valence-electron chi connectivity index (χ0n) is 14.5. The van der Waals surface area contributed by atoms with Gasteiger partial charge in [0.2, 0.25) is 5.78 Å². The fraction of sp³-hybridized carbons (Fsp3) is 0.158. The van der Waals surface area contributed by atoms with Gasteiger partial charge in [-0.05, 0) is 18.2 Å². The Labute approximate surface area is 149 Å². The summed E-state index contributed by atoms with van der Waals surface area (Å²) in [5, 5.41) is 5.65. The summed E-state index contributed by atoms with van der Waals surface area (Å²) in [6.45, 7) is 1.23. The number of ether oxygens (including phenoxy) is 1. The minimum absolute atomic E-state index is 0.0555. The summed E-state index contributed by atoms with van der Waals surface area (Å²) in [4.78, 5) is 36.7. The third-order valence-electron chi connectivity index (χ3n) is 3.60. The molecule has 0 N–H and O–H groups in total. The van der Waals surface area contributed by atoms with Gasteiger partial charge in [0.25, 0.3) is 0 Å². The van der Waals surface area contributed by atoms with Gasteiger partial charge >= 0.3 is 5.97 Å². The van der Waals surface area contributed by atoms with Crippen LogP contribution in [0.1, 0.15) is 39.2 Å². The fourth-order valence-electron chi connectivity index (χ4n) is 2.54. The number of ketones is 2. The molecule has 0 unspecified atom stereocenters. The average molecular weight is 352 g/mol. The summed E-state index contributed by atoms with van der Waals surface area (Å²) in [5.74, 6) is -0.638. The summed E-state index contributed by atoms with van der Waals surface area (Å²) in [7, 11) is 3.53. The van der Waals surface area contributed by atoms with Crippen molar-refractivity contribution in [2.45, 2.75) is 6.92 Å². The van der Waals surface area contributed by atoms with Crippen molar-refractivity contribution in [3.8, 4) is 5.75 Å². The summed E-state index contributed by atoms with van der Waals surface area (Å²) < 4.78 is 10.7. The fourth-order valence-corrected chi connectivity index (χ4v) is 2.54. The van der Waals surface area contributed by atoms with Gasteiger partial charge in [-0.15, -0.1) is 0 Å². The van der Waals surface area contributed by atoms with Crippen molar-refractivity contribution in [3.63, 3.8) is 0 Å². The van der Waals surface area contributed by atoms with Gasteiger partial charge in [-0.25, -0.2) is 0 Å². The molecule has 132 valence electrons. The van der Waals surface area contributed by atoms with E-state index in [0.29, 0.717) is 5.76 Å². The SMILES string of the molecule is CC(=O)Oc1cccc2c1C(=O)C(c1ccc(C=NN(C)C)o1)=CC2=O. The summed E-state index contributed by atoms with van der Waals surface area (Å²) in [5.41, 5.74) is 0.357. The quantitative estimate of drug-likeness (QED) is 0.364. The zero-order chi connectivity index (χ0) is 18.8. The smallest absolute Gasteiger partial charge is 0.308 e. The minimum atomic E-state index is -0.574. The Hall–Kier alpha value is -3.48. The Balaban J connectivity index is 2.01. The first kappa shape index (κ1) is 17.3. The largest absolute Gasteiger partial charge is 0.455 e. The predicted octanol–water partition coefficient (Wildman–Crippen LogP) is 2.56. The van der Waals surface area contributed by atoms with E-state index in [4.69, 9.17) is 9.15 Å². The molecule has 1 aromatic heterocycles. The maximum atomic E-state index is 12.9. The van der Waals surface area contributed by atoms with E-state index in [1.165, 1.54) is 31.3 Å². The lowest BCUT2D eigenvalue weighted by atomic mass is 9.88. The Morgan fingerprint density at radius 3 is 2.65 bits per heavy atom. The number of allylic oxidation sites excluding steroid dienone is 2. The summed E-state index contributed by atoms with van der Waals surface area (Å²) in [6, 6.07) is 7.80. The first-order valence-corrected chi connectivity index (χ1v) is 7.80. The van der Waals surface area contributed by atoms with Crippen LogP contribution in [0.5, 0.6) is 5.75 Å². The maximum absolute atomic E-state index is 12.9. The van der Waals surface area contributed by atoms with E-state index in [1.54, 1.807) is 37.3 Å². The number of carbonyl (C=O) groups is 3. The van der Waals surface area contributed by atoms with E-state index in [2.05, 4.69) is 5.10 Å². The van der Waals surface area contributed by atoms with Crippen molar-refractivity contribution < 1.29 is 23.5 Å². The molecule has 7 heteroatoms. The molecule has 0 atom stereocenters. The molecule has 2 aromatic rings. The number of rotatable bonds is 4. The van der Waals surface area contributed by atoms with Crippen LogP contribution in [0.2, 0.25) is 0 Å². The lowest BCUT2D eigenvalue weighted by Crippen LogP contribution is -2.18. The van der Waals surface area contributed by atoms with E-state index in [0.717, 1.165) is 0 Å². The van der Waals surface area contributed by atoms with Crippen LogP contribution in [-0.2, 0) is 4.79 Å². The number of nitrogens with zero attached hydrogens (tertiary/aromatic N) is 2. The molecular formula is C19H16N2O5. The van der Waals surface area contributed by atoms with Gasteiger partial charge in [0.1, 0.15) is 17.3 Å². The van der Waals surface area contributed by atoms with Crippen molar-refractivity contribution in [2.75, 3.05) is 14.1 Å². The molecule has 0 amide bonds. The molecule has 0 bridgehead atoms. The molecular weight excluding hydrogens is 336 g/mol. The van der Waals surface area contributed by atoms with Crippen molar-refractivity contribution in [3.05, 3.63) is 59.1 Å². The first-order chi connectivity index (χ1) is 12.4. The number of esters is 1. The lowest BCUT2D eigenvalue weighted by Gasteiger charge is -2.16. The van der Waals surface area contributed by atoms with Gasteiger partial charge in [0.15, 0.2) is 5.78 Å². The predicted molar refractivity (Wildman–Crippen MR) is 94.4 cm³/mol. The number of benzene rings is 1. The third-order valence-corrected chi connectivity index (χ3v) is 3.60. The summed E-state index contributed by atoms with van der Waals surface area (Å²) >= 11 is 0. The number of hydrogen-bond donors (Lipinski definition) is 0. The molecule has 0 saturated carbocycles. The van der Waals surface area contributed by atoms with Crippen LogP contribution in [0.3, 0.4) is 0 Å². The molecule has 1 aliphatic rings. The van der Waals surface area contributed by atoms with E-state index >= 15 is 0 Å². The molecule has 26 heavy (non-hydrogen) atoms. The van der Waals surface area contributed by atoms with E-state index < -0.39 is 11.8 Å². The Bertz CT molecular complexity index is 966. The van der Waals surface area contributed by atoms with Gasteiger partial charge in [-0.3, -0.25) is 14.4 Å². The van der Waals surface area contributed by atoms with Gasteiger partial charge < -0.3 is 14.2 Å². The molecule has 0 radical (unpaired) electrons. The van der Waals surface area contributed by atoms with Gasteiger partial charge in [-0.1, -0.05) is 12.1 Å². The third kappa shape index (κ3) is 3.32. The van der Waals surface area contributed by atoms with Crippen molar-refractivity contribution >= 4 is 29.3 Å². The lowest BCUT2D eigenvalue weighted by molar-refractivity contribution is -0.131. The molecule has 0 spiro atoms. The maximum Gasteiger partial charge on any atom is 0.308 e. The minimum Gasteiger partial charge on any atom is -0.455 e. The number of carbonyl (C=O) groups excluding carboxylic acids is 3. The second-order valence-corrected chi connectivity index (χ2v) is 5.82. The van der Waals surface area contributed by atoms with Crippen molar-refractivity contribution in [2.24, 2.45) is 5.10 Å². The van der Waals surface area contributed by atoms with Gasteiger partial charge in [-0.2, -0.15) is 5.10 Å². The average Bonchev–Trinajstić information content (AvgIpc) is 3.04. The Kier molecular flexibility index (Phi) is 4.53. The molecule has 0 aliphatic heterocycles. The van der Waals surface area contributed by atoms with Crippen LogP contribution in [0, 0.1) is 0 Å². The van der Waals surface area contributed by atoms with E-state index in [1.807, 2.05) is 0 Å². The second kappa shape index (κ2) is 6.79. The van der Waals surface area contributed by atoms with Crippen LogP contribution in [0.4, 0.5) is 0 Å².